The van der Waals surface area contributed by atoms with E-state index < -0.39 is 0 Å². The Morgan fingerprint density at radius 3 is 2.46 bits per heavy atom. The average molecular weight is 347 g/mol. The molecule has 2 aromatic carbocycles. The van der Waals surface area contributed by atoms with Crippen LogP contribution in [0.15, 0.2) is 60.7 Å². The molecule has 0 saturated heterocycles. The highest BCUT2D eigenvalue weighted by atomic mass is 19.1. The molecular weight excluding hydrogens is 333 g/mol. The average Bonchev–Trinajstić information content (AvgIpc) is 2.65. The van der Waals surface area contributed by atoms with Crippen LogP contribution in [0.4, 0.5) is 21.7 Å². The molecule has 1 heterocycles. The first kappa shape index (κ1) is 17.0. The van der Waals surface area contributed by atoms with Crippen LogP contribution in [0.25, 0.3) is 0 Å². The number of nitrogens with zero attached hydrogens (tertiary/aromatic N) is 3. The quantitative estimate of drug-likeness (QED) is 0.738. The van der Waals surface area contributed by atoms with Gasteiger partial charge in [0.2, 0.25) is 5.91 Å². The van der Waals surface area contributed by atoms with Crippen LogP contribution in [0, 0.1) is 17.1 Å². The minimum Gasteiger partial charge on any atom is -0.339 e. The number of nitrogens with one attached hydrogen (secondary N) is 2. The molecule has 0 aliphatic rings. The number of amides is 1. The van der Waals surface area contributed by atoms with Crippen LogP contribution in [0.3, 0.4) is 0 Å². The molecule has 3 aromatic rings. The molecule has 3 rings (SSSR count). The van der Waals surface area contributed by atoms with E-state index in [-0.39, 0.29) is 18.1 Å². The van der Waals surface area contributed by atoms with Gasteiger partial charge in [-0.25, -0.2) is 4.39 Å². The van der Waals surface area contributed by atoms with Crippen molar-refractivity contribution in [3.05, 3.63) is 77.6 Å². The number of benzene rings is 2. The second kappa shape index (κ2) is 7.85. The van der Waals surface area contributed by atoms with Gasteiger partial charge in [0.25, 0.3) is 0 Å². The predicted octanol–water partition coefficient (Wildman–Crippen LogP) is 3.41. The van der Waals surface area contributed by atoms with Crippen LogP contribution in [-0.2, 0) is 11.2 Å². The van der Waals surface area contributed by atoms with E-state index in [1.54, 1.807) is 48.5 Å². The summed E-state index contributed by atoms with van der Waals surface area (Å²) in [6, 6.07) is 18.1. The van der Waals surface area contributed by atoms with Crippen LogP contribution >= 0.6 is 0 Å². The van der Waals surface area contributed by atoms with E-state index in [2.05, 4.69) is 26.9 Å². The third kappa shape index (κ3) is 4.61. The van der Waals surface area contributed by atoms with Gasteiger partial charge in [0.05, 0.1) is 18.1 Å². The molecule has 7 heteroatoms. The lowest BCUT2D eigenvalue weighted by Crippen LogP contribution is -2.15. The highest BCUT2D eigenvalue weighted by molar-refractivity contribution is 5.91. The van der Waals surface area contributed by atoms with Crippen molar-refractivity contribution in [1.82, 2.24) is 10.2 Å². The van der Waals surface area contributed by atoms with Crippen molar-refractivity contribution in [2.24, 2.45) is 0 Å². The fourth-order valence-electron chi connectivity index (χ4n) is 2.25. The Morgan fingerprint density at radius 2 is 1.77 bits per heavy atom. The summed E-state index contributed by atoms with van der Waals surface area (Å²) < 4.78 is 12.9. The van der Waals surface area contributed by atoms with Gasteiger partial charge in [-0.15, -0.1) is 10.2 Å². The molecule has 0 fully saturated rings. The summed E-state index contributed by atoms with van der Waals surface area (Å²) in [6.45, 7) is 0. The SMILES string of the molecule is N#Cc1cccc(Nc2ccc(NC(=O)Cc3ccc(F)cc3)nn2)c1. The lowest BCUT2D eigenvalue weighted by atomic mass is 10.1. The fraction of sp³-hybridized carbons (Fsp3) is 0.0526. The molecule has 1 aromatic heterocycles. The molecular formula is C19H14FN5O. The summed E-state index contributed by atoms with van der Waals surface area (Å²) in [5, 5.41) is 22.5. The molecule has 2 N–H and O–H groups in total. The first-order valence-corrected chi connectivity index (χ1v) is 7.77. The van der Waals surface area contributed by atoms with Crippen LogP contribution in [-0.4, -0.2) is 16.1 Å². The number of halogens is 1. The Labute approximate surface area is 149 Å². The highest BCUT2D eigenvalue weighted by Crippen LogP contribution is 2.16. The number of hydrogen-bond donors (Lipinski definition) is 2. The van der Waals surface area contributed by atoms with Gasteiger partial charge < -0.3 is 10.6 Å². The van der Waals surface area contributed by atoms with Crippen molar-refractivity contribution in [2.45, 2.75) is 6.42 Å². The number of anilines is 3. The summed E-state index contributed by atoms with van der Waals surface area (Å²) in [4.78, 5) is 12.0. The van der Waals surface area contributed by atoms with E-state index in [0.717, 1.165) is 0 Å². The number of carbonyl (C=O) groups is 1. The van der Waals surface area contributed by atoms with Gasteiger partial charge in [-0.05, 0) is 48.0 Å². The standard InChI is InChI=1S/C19H14FN5O/c20-15-6-4-13(5-7-15)11-19(26)23-18-9-8-17(24-25-18)22-16-3-1-2-14(10-16)12-21/h1-10H,11H2,(H,22,24)(H,23,25,26). The minimum absolute atomic E-state index is 0.114. The van der Waals surface area contributed by atoms with Gasteiger partial charge in [0.15, 0.2) is 11.6 Å². The zero-order valence-electron chi connectivity index (χ0n) is 13.6. The summed E-state index contributed by atoms with van der Waals surface area (Å²) in [5.41, 5.74) is 1.95. The Kier molecular flexibility index (Phi) is 5.15. The molecule has 0 aliphatic heterocycles. The fourth-order valence-corrected chi connectivity index (χ4v) is 2.25. The third-order valence-corrected chi connectivity index (χ3v) is 3.47. The largest absolute Gasteiger partial charge is 0.339 e. The van der Waals surface area contributed by atoms with Crippen molar-refractivity contribution in [2.75, 3.05) is 10.6 Å². The molecule has 0 bridgehead atoms. The van der Waals surface area contributed by atoms with Crippen LogP contribution in [0.2, 0.25) is 0 Å². The van der Waals surface area contributed by atoms with E-state index in [1.807, 2.05) is 0 Å². The maximum atomic E-state index is 12.9. The summed E-state index contributed by atoms with van der Waals surface area (Å²) in [7, 11) is 0. The molecule has 0 atom stereocenters. The van der Waals surface area contributed by atoms with E-state index in [4.69, 9.17) is 5.26 Å². The van der Waals surface area contributed by atoms with Crippen molar-refractivity contribution < 1.29 is 9.18 Å². The Balaban J connectivity index is 1.59. The van der Waals surface area contributed by atoms with Gasteiger partial charge in [-0.2, -0.15) is 5.26 Å². The molecule has 0 radical (unpaired) electrons. The Hall–Kier alpha value is -3.79. The van der Waals surface area contributed by atoms with Crippen LogP contribution < -0.4 is 10.6 Å². The highest BCUT2D eigenvalue weighted by Gasteiger charge is 2.06. The second-order valence-corrected chi connectivity index (χ2v) is 5.47. The zero-order valence-corrected chi connectivity index (χ0v) is 13.6. The van der Waals surface area contributed by atoms with Crippen molar-refractivity contribution in [1.29, 1.82) is 5.26 Å². The summed E-state index contributed by atoms with van der Waals surface area (Å²) in [6.07, 6.45) is 0.114. The second-order valence-electron chi connectivity index (χ2n) is 5.47. The van der Waals surface area contributed by atoms with Crippen LogP contribution in [0.1, 0.15) is 11.1 Å². The first-order chi connectivity index (χ1) is 12.6. The van der Waals surface area contributed by atoms with Crippen molar-refractivity contribution in [3.63, 3.8) is 0 Å². The maximum Gasteiger partial charge on any atom is 0.229 e. The van der Waals surface area contributed by atoms with Gasteiger partial charge in [0, 0.05) is 5.69 Å². The zero-order chi connectivity index (χ0) is 18.4. The molecule has 6 nitrogen and oxygen atoms in total. The van der Waals surface area contributed by atoms with Gasteiger partial charge in [-0.1, -0.05) is 18.2 Å². The van der Waals surface area contributed by atoms with Crippen molar-refractivity contribution >= 4 is 23.2 Å². The predicted molar refractivity (Wildman–Crippen MR) is 95.2 cm³/mol. The van der Waals surface area contributed by atoms with E-state index in [9.17, 15) is 9.18 Å². The van der Waals surface area contributed by atoms with Crippen LogP contribution in [0.5, 0.6) is 0 Å². The lowest BCUT2D eigenvalue weighted by Gasteiger charge is -2.07. The number of rotatable bonds is 5. The van der Waals surface area contributed by atoms with Gasteiger partial charge in [-0.3, -0.25) is 4.79 Å². The molecule has 0 spiro atoms. The van der Waals surface area contributed by atoms with Crippen molar-refractivity contribution in [3.8, 4) is 6.07 Å². The van der Waals surface area contributed by atoms with Gasteiger partial charge in [0.1, 0.15) is 5.82 Å². The topological polar surface area (TPSA) is 90.7 Å². The normalized spacial score (nSPS) is 10.0. The molecule has 0 saturated carbocycles. The van der Waals surface area contributed by atoms with E-state index in [1.165, 1.54) is 12.1 Å². The lowest BCUT2D eigenvalue weighted by molar-refractivity contribution is -0.115. The summed E-state index contributed by atoms with van der Waals surface area (Å²) in [5.74, 6) is 0.182. The monoisotopic (exact) mass is 347 g/mol. The smallest absolute Gasteiger partial charge is 0.229 e. The molecule has 0 aliphatic carbocycles. The van der Waals surface area contributed by atoms with E-state index >= 15 is 0 Å². The molecule has 128 valence electrons. The van der Waals surface area contributed by atoms with E-state index in [0.29, 0.717) is 28.5 Å². The summed E-state index contributed by atoms with van der Waals surface area (Å²) >= 11 is 0. The Bertz CT molecular complexity index is 949. The third-order valence-electron chi connectivity index (χ3n) is 3.47. The minimum atomic E-state index is -0.344. The Morgan fingerprint density at radius 1 is 1.04 bits per heavy atom. The maximum absolute atomic E-state index is 12.9. The number of nitriles is 1. The van der Waals surface area contributed by atoms with Gasteiger partial charge >= 0.3 is 0 Å². The first-order valence-electron chi connectivity index (χ1n) is 7.77. The molecule has 0 unspecified atom stereocenters. The number of carbonyl (C=O) groups excluding carboxylic acids is 1. The number of aromatic nitrogens is 2. The molecule has 1 amide bonds. The molecule has 26 heavy (non-hydrogen) atoms. The number of hydrogen-bond acceptors (Lipinski definition) is 5.